The zero-order chi connectivity index (χ0) is 17.7. The molecule has 2 rings (SSSR count). The van der Waals surface area contributed by atoms with Crippen molar-refractivity contribution in [2.24, 2.45) is 0 Å². The fraction of sp³-hybridized carbons (Fsp3) is 0.375. The fourth-order valence-electron chi connectivity index (χ4n) is 2.12. The van der Waals surface area contributed by atoms with E-state index in [0.717, 1.165) is 10.4 Å². The van der Waals surface area contributed by atoms with Gasteiger partial charge in [-0.15, -0.1) is 11.3 Å². The summed E-state index contributed by atoms with van der Waals surface area (Å²) in [5, 5.41) is 3.12. The maximum absolute atomic E-state index is 12.8. The molecule has 0 spiro atoms. The van der Waals surface area contributed by atoms with Gasteiger partial charge in [0.2, 0.25) is 15.9 Å². The first-order valence-corrected chi connectivity index (χ1v) is 9.87. The third-order valence-electron chi connectivity index (χ3n) is 3.32. The Bertz CT molecular complexity index is 798. The van der Waals surface area contributed by atoms with Crippen LogP contribution in [0.15, 0.2) is 35.4 Å². The van der Waals surface area contributed by atoms with E-state index < -0.39 is 15.9 Å². The predicted octanol–water partition coefficient (Wildman–Crippen LogP) is 2.80. The zero-order valence-corrected chi connectivity index (χ0v) is 15.6. The van der Waals surface area contributed by atoms with Crippen LogP contribution in [0.5, 0.6) is 0 Å². The Kier molecular flexibility index (Phi) is 6.09. The maximum atomic E-state index is 12.8. The molecule has 1 aromatic carbocycles. The summed E-state index contributed by atoms with van der Waals surface area (Å²) in [6, 6.07) is 6.62. The number of anilines is 1. The molecule has 2 aromatic rings. The maximum Gasteiger partial charge on any atom is 0.243 e. The van der Waals surface area contributed by atoms with Gasteiger partial charge in [-0.25, -0.2) is 13.4 Å². The predicted molar refractivity (Wildman–Crippen MR) is 95.7 cm³/mol. The highest BCUT2D eigenvalue weighted by Crippen LogP contribution is 2.19. The molecule has 0 aliphatic carbocycles. The van der Waals surface area contributed by atoms with E-state index in [4.69, 9.17) is 0 Å². The van der Waals surface area contributed by atoms with Crippen LogP contribution < -0.4 is 5.32 Å². The third kappa shape index (κ3) is 4.62. The first kappa shape index (κ1) is 18.6. The number of benzene rings is 1. The summed E-state index contributed by atoms with van der Waals surface area (Å²) in [5.74, 6) is -0.395. The van der Waals surface area contributed by atoms with Crippen LogP contribution in [0.25, 0.3) is 0 Å². The molecule has 1 aromatic heterocycles. The number of aromatic nitrogens is 1. The van der Waals surface area contributed by atoms with E-state index in [1.54, 1.807) is 30.5 Å². The largest absolute Gasteiger partial charge is 0.301 e. The molecule has 0 fully saturated rings. The highest BCUT2D eigenvalue weighted by atomic mass is 32.2. The molecule has 0 radical (unpaired) electrons. The monoisotopic (exact) mass is 367 g/mol. The van der Waals surface area contributed by atoms with Gasteiger partial charge >= 0.3 is 0 Å². The summed E-state index contributed by atoms with van der Waals surface area (Å²) in [4.78, 5) is 17.4. The summed E-state index contributed by atoms with van der Waals surface area (Å²) in [6.07, 6.45) is 2.28. The molecule has 1 heterocycles. The van der Waals surface area contributed by atoms with Crippen molar-refractivity contribution in [3.8, 4) is 0 Å². The summed E-state index contributed by atoms with van der Waals surface area (Å²) < 4.78 is 26.7. The zero-order valence-electron chi connectivity index (χ0n) is 13.9. The molecule has 0 aliphatic rings. The van der Waals surface area contributed by atoms with Crippen LogP contribution >= 0.6 is 11.3 Å². The Morgan fingerprint density at radius 2 is 1.92 bits per heavy atom. The molecule has 8 heteroatoms. The number of nitrogens with one attached hydrogen (secondary N) is 1. The molecule has 0 bridgehead atoms. The van der Waals surface area contributed by atoms with Gasteiger partial charge in [0.05, 0.1) is 11.4 Å². The first-order valence-electron chi connectivity index (χ1n) is 7.62. The van der Waals surface area contributed by atoms with E-state index in [9.17, 15) is 13.2 Å². The lowest BCUT2D eigenvalue weighted by Crippen LogP contribution is -2.38. The molecule has 0 unspecified atom stereocenters. The number of carbonyl (C=O) groups excluding carboxylic acids is 1. The van der Waals surface area contributed by atoms with E-state index >= 15 is 0 Å². The second-order valence-electron chi connectivity index (χ2n) is 5.48. The van der Waals surface area contributed by atoms with Crippen molar-refractivity contribution in [3.63, 3.8) is 0 Å². The Labute approximate surface area is 146 Å². The smallest absolute Gasteiger partial charge is 0.243 e. The minimum absolute atomic E-state index is 0.194. The van der Waals surface area contributed by atoms with Crippen molar-refractivity contribution in [2.45, 2.75) is 32.1 Å². The van der Waals surface area contributed by atoms with Crippen molar-refractivity contribution in [1.82, 2.24) is 9.29 Å². The number of amides is 1. The fourth-order valence-corrected chi connectivity index (χ4v) is 4.29. The first-order chi connectivity index (χ1) is 11.3. The van der Waals surface area contributed by atoms with Gasteiger partial charge in [0.15, 0.2) is 5.13 Å². The van der Waals surface area contributed by atoms with E-state index in [1.165, 1.54) is 15.6 Å². The molecule has 130 valence electrons. The lowest BCUT2D eigenvalue weighted by Gasteiger charge is -2.21. The Balaban J connectivity index is 2.15. The Hall–Kier alpha value is -1.77. The number of hydrogen-bond acceptors (Lipinski definition) is 5. The normalized spacial score (nSPS) is 11.7. The quantitative estimate of drug-likeness (QED) is 0.816. The SMILES string of the molecule is CCCN(CC(=O)Nc1ncc(C)s1)S(=O)(=O)c1ccc(C)cc1. The molecule has 1 N–H and O–H groups in total. The second-order valence-corrected chi connectivity index (χ2v) is 8.65. The van der Waals surface area contributed by atoms with Crippen molar-refractivity contribution in [2.75, 3.05) is 18.4 Å². The summed E-state index contributed by atoms with van der Waals surface area (Å²) in [7, 11) is -3.71. The van der Waals surface area contributed by atoms with E-state index in [1.807, 2.05) is 20.8 Å². The summed E-state index contributed by atoms with van der Waals surface area (Å²) >= 11 is 1.35. The van der Waals surface area contributed by atoms with E-state index in [0.29, 0.717) is 11.6 Å². The average Bonchev–Trinajstić information content (AvgIpc) is 2.92. The van der Waals surface area contributed by atoms with Gasteiger partial charge in [-0.05, 0) is 32.4 Å². The standard InChI is InChI=1S/C16H21N3O3S2/c1-4-9-19(11-15(20)18-16-17-10-13(3)23-16)24(21,22)14-7-5-12(2)6-8-14/h5-8,10H,4,9,11H2,1-3H3,(H,17,18,20). The average molecular weight is 367 g/mol. The van der Waals surface area contributed by atoms with E-state index in [2.05, 4.69) is 10.3 Å². The third-order valence-corrected chi connectivity index (χ3v) is 6.01. The lowest BCUT2D eigenvalue weighted by atomic mass is 10.2. The molecular weight excluding hydrogens is 346 g/mol. The molecule has 0 aliphatic heterocycles. The molecule has 0 atom stereocenters. The number of nitrogens with zero attached hydrogens (tertiary/aromatic N) is 2. The highest BCUT2D eigenvalue weighted by molar-refractivity contribution is 7.89. The molecular formula is C16H21N3O3S2. The Morgan fingerprint density at radius 3 is 2.46 bits per heavy atom. The van der Waals surface area contributed by atoms with E-state index in [-0.39, 0.29) is 18.0 Å². The highest BCUT2D eigenvalue weighted by Gasteiger charge is 2.26. The Morgan fingerprint density at radius 1 is 1.25 bits per heavy atom. The lowest BCUT2D eigenvalue weighted by molar-refractivity contribution is -0.116. The van der Waals surface area contributed by atoms with Crippen LogP contribution in [0.1, 0.15) is 23.8 Å². The van der Waals surface area contributed by atoms with Crippen LogP contribution in [0.2, 0.25) is 0 Å². The number of aryl methyl sites for hydroxylation is 2. The van der Waals surface area contributed by atoms with Gasteiger partial charge < -0.3 is 5.32 Å². The van der Waals surface area contributed by atoms with Crippen LogP contribution in [-0.4, -0.2) is 36.7 Å². The van der Waals surface area contributed by atoms with Crippen LogP contribution in [0.3, 0.4) is 0 Å². The minimum Gasteiger partial charge on any atom is -0.301 e. The summed E-state index contributed by atoms with van der Waals surface area (Å²) in [6.45, 7) is 5.70. The minimum atomic E-state index is -3.71. The topological polar surface area (TPSA) is 79.4 Å². The van der Waals surface area contributed by atoms with Crippen molar-refractivity contribution in [3.05, 3.63) is 40.9 Å². The number of rotatable bonds is 7. The van der Waals surface area contributed by atoms with Gasteiger partial charge in [-0.1, -0.05) is 24.6 Å². The number of sulfonamides is 1. The summed E-state index contributed by atoms with van der Waals surface area (Å²) in [5.41, 5.74) is 0.980. The van der Waals surface area contributed by atoms with Crippen molar-refractivity contribution >= 4 is 32.4 Å². The van der Waals surface area contributed by atoms with Crippen LogP contribution in [0, 0.1) is 13.8 Å². The van der Waals surface area contributed by atoms with Crippen LogP contribution in [0.4, 0.5) is 5.13 Å². The molecule has 0 saturated carbocycles. The molecule has 1 amide bonds. The van der Waals surface area contributed by atoms with Gasteiger partial charge in [-0.2, -0.15) is 4.31 Å². The number of carbonyl (C=O) groups is 1. The number of thiazole rings is 1. The second kappa shape index (κ2) is 7.87. The van der Waals surface area contributed by atoms with Crippen molar-refractivity contribution in [1.29, 1.82) is 0 Å². The van der Waals surface area contributed by atoms with Crippen LogP contribution in [-0.2, 0) is 14.8 Å². The van der Waals surface area contributed by atoms with Gasteiger partial charge in [-0.3, -0.25) is 4.79 Å². The van der Waals surface area contributed by atoms with Gasteiger partial charge in [0.1, 0.15) is 0 Å². The number of hydrogen-bond donors (Lipinski definition) is 1. The van der Waals surface area contributed by atoms with Gasteiger partial charge in [0, 0.05) is 17.6 Å². The molecule has 24 heavy (non-hydrogen) atoms. The van der Waals surface area contributed by atoms with Crippen molar-refractivity contribution < 1.29 is 13.2 Å². The van der Waals surface area contributed by atoms with Gasteiger partial charge in [0.25, 0.3) is 0 Å². The molecule has 6 nitrogen and oxygen atoms in total. The molecule has 0 saturated heterocycles.